The lowest BCUT2D eigenvalue weighted by Crippen LogP contribution is -2.37. The van der Waals surface area contributed by atoms with Crippen molar-refractivity contribution in [2.24, 2.45) is 0 Å². The van der Waals surface area contributed by atoms with Crippen molar-refractivity contribution in [3.05, 3.63) is 59.9 Å². The van der Waals surface area contributed by atoms with Crippen LogP contribution in [-0.2, 0) is 11.3 Å². The molecule has 1 amide bonds. The fourth-order valence-electron chi connectivity index (χ4n) is 2.80. The minimum Gasteiger partial charge on any atom is -0.378 e. The molecule has 1 fully saturated rings. The molecule has 1 aliphatic rings. The third kappa shape index (κ3) is 3.68. The zero-order valence-electron chi connectivity index (χ0n) is 13.3. The van der Waals surface area contributed by atoms with E-state index in [1.165, 1.54) is 5.69 Å². The Kier molecular flexibility index (Phi) is 4.88. The number of benzene rings is 1. The van der Waals surface area contributed by atoms with E-state index in [-0.39, 0.29) is 5.91 Å². The number of nitrogens with zero attached hydrogens (tertiary/aromatic N) is 3. The molecular weight excluding hydrogens is 290 g/mol. The smallest absolute Gasteiger partial charge is 0.254 e. The van der Waals surface area contributed by atoms with Crippen LogP contribution in [0.3, 0.4) is 0 Å². The fourth-order valence-corrected chi connectivity index (χ4v) is 2.80. The Morgan fingerprint density at radius 1 is 1.17 bits per heavy atom. The first-order chi connectivity index (χ1) is 11.3. The lowest BCUT2D eigenvalue weighted by Gasteiger charge is -2.31. The topological polar surface area (TPSA) is 45.7 Å². The Morgan fingerprint density at radius 2 is 1.87 bits per heavy atom. The summed E-state index contributed by atoms with van der Waals surface area (Å²) in [5.41, 5.74) is 3.00. The molecule has 0 radical (unpaired) electrons. The van der Waals surface area contributed by atoms with Crippen molar-refractivity contribution >= 4 is 11.6 Å². The molecule has 0 unspecified atom stereocenters. The van der Waals surface area contributed by atoms with Crippen molar-refractivity contribution in [2.45, 2.75) is 6.54 Å². The van der Waals surface area contributed by atoms with Crippen LogP contribution < -0.4 is 4.90 Å². The van der Waals surface area contributed by atoms with Crippen molar-refractivity contribution in [2.75, 3.05) is 38.3 Å². The van der Waals surface area contributed by atoms with Crippen LogP contribution in [0.2, 0.25) is 0 Å². The first kappa shape index (κ1) is 15.5. The molecule has 0 atom stereocenters. The molecule has 0 saturated carbocycles. The molecule has 23 heavy (non-hydrogen) atoms. The molecular formula is C18H21N3O2. The predicted molar refractivity (Wildman–Crippen MR) is 89.5 cm³/mol. The van der Waals surface area contributed by atoms with Crippen molar-refractivity contribution in [1.82, 2.24) is 9.88 Å². The summed E-state index contributed by atoms with van der Waals surface area (Å²) in [4.78, 5) is 20.5. The molecule has 3 rings (SSSR count). The van der Waals surface area contributed by atoms with Crippen LogP contribution in [0.15, 0.2) is 48.8 Å². The Labute approximate surface area is 136 Å². The molecule has 0 aliphatic carbocycles. The second-order valence-corrected chi connectivity index (χ2v) is 5.63. The van der Waals surface area contributed by atoms with Gasteiger partial charge < -0.3 is 14.5 Å². The SMILES string of the molecule is CN(Cc1ccccc1N1CCOCC1)C(=O)c1ccncc1. The first-order valence-electron chi connectivity index (χ1n) is 7.82. The largest absolute Gasteiger partial charge is 0.378 e. The maximum Gasteiger partial charge on any atom is 0.254 e. The monoisotopic (exact) mass is 311 g/mol. The summed E-state index contributed by atoms with van der Waals surface area (Å²) in [5.74, 6) is 0.00387. The molecule has 0 N–H and O–H groups in total. The number of amides is 1. The van der Waals surface area contributed by atoms with Crippen molar-refractivity contribution in [3.63, 3.8) is 0 Å². The summed E-state index contributed by atoms with van der Waals surface area (Å²) in [7, 11) is 1.83. The number of hydrogen-bond acceptors (Lipinski definition) is 4. The van der Waals surface area contributed by atoms with Gasteiger partial charge in [0.15, 0.2) is 0 Å². The highest BCUT2D eigenvalue weighted by molar-refractivity contribution is 5.93. The third-order valence-electron chi connectivity index (χ3n) is 4.02. The summed E-state index contributed by atoms with van der Waals surface area (Å²) in [5, 5.41) is 0. The molecule has 0 bridgehead atoms. The van der Waals surface area contributed by atoms with Crippen molar-refractivity contribution in [1.29, 1.82) is 0 Å². The van der Waals surface area contributed by atoms with Gasteiger partial charge in [0.05, 0.1) is 13.2 Å². The van der Waals surface area contributed by atoms with Crippen LogP contribution in [0.25, 0.3) is 0 Å². The van der Waals surface area contributed by atoms with Crippen molar-refractivity contribution < 1.29 is 9.53 Å². The molecule has 1 aliphatic heterocycles. The van der Waals surface area contributed by atoms with Crippen LogP contribution in [0, 0.1) is 0 Å². The number of morpholine rings is 1. The summed E-state index contributed by atoms with van der Waals surface area (Å²) in [6, 6.07) is 11.7. The van der Waals surface area contributed by atoms with Gasteiger partial charge in [0, 0.05) is 50.3 Å². The molecule has 5 heteroatoms. The second-order valence-electron chi connectivity index (χ2n) is 5.63. The van der Waals surface area contributed by atoms with Gasteiger partial charge >= 0.3 is 0 Å². The molecule has 1 saturated heterocycles. The average molecular weight is 311 g/mol. The molecule has 1 aromatic heterocycles. The van der Waals surface area contributed by atoms with E-state index in [1.807, 2.05) is 19.2 Å². The van der Waals surface area contributed by atoms with Crippen LogP contribution >= 0.6 is 0 Å². The molecule has 5 nitrogen and oxygen atoms in total. The summed E-state index contributed by atoms with van der Waals surface area (Å²) in [6.07, 6.45) is 3.28. The lowest BCUT2D eigenvalue weighted by atomic mass is 10.1. The van der Waals surface area contributed by atoms with E-state index in [0.29, 0.717) is 12.1 Å². The molecule has 1 aromatic carbocycles. The Bertz CT molecular complexity index is 654. The molecule has 120 valence electrons. The fraction of sp³-hybridized carbons (Fsp3) is 0.333. The highest BCUT2D eigenvalue weighted by atomic mass is 16.5. The van der Waals surface area contributed by atoms with Gasteiger partial charge in [-0.15, -0.1) is 0 Å². The van der Waals surface area contributed by atoms with Crippen LogP contribution in [0.1, 0.15) is 15.9 Å². The van der Waals surface area contributed by atoms with Crippen LogP contribution in [0.4, 0.5) is 5.69 Å². The molecule has 2 heterocycles. The summed E-state index contributed by atoms with van der Waals surface area (Å²) >= 11 is 0. The molecule has 2 aromatic rings. The number of carbonyl (C=O) groups excluding carboxylic acids is 1. The standard InChI is InChI=1S/C18H21N3O2/c1-20(18(22)15-6-8-19-9-7-15)14-16-4-2-3-5-17(16)21-10-12-23-13-11-21/h2-9H,10-14H2,1H3. The maximum absolute atomic E-state index is 12.5. The number of anilines is 1. The van der Waals surface area contributed by atoms with Gasteiger partial charge in [-0.05, 0) is 23.8 Å². The zero-order chi connectivity index (χ0) is 16.1. The van der Waals surface area contributed by atoms with E-state index in [1.54, 1.807) is 29.4 Å². The lowest BCUT2D eigenvalue weighted by molar-refractivity contribution is 0.0784. The van der Waals surface area contributed by atoms with E-state index < -0.39 is 0 Å². The van der Waals surface area contributed by atoms with Gasteiger partial charge in [0.25, 0.3) is 5.91 Å². The highest BCUT2D eigenvalue weighted by Crippen LogP contribution is 2.23. The number of carbonyl (C=O) groups is 1. The van der Waals surface area contributed by atoms with E-state index in [9.17, 15) is 4.79 Å². The van der Waals surface area contributed by atoms with Gasteiger partial charge in [0.1, 0.15) is 0 Å². The number of hydrogen-bond donors (Lipinski definition) is 0. The number of ether oxygens (including phenoxy) is 1. The van der Waals surface area contributed by atoms with Gasteiger partial charge in [-0.1, -0.05) is 18.2 Å². The van der Waals surface area contributed by atoms with Gasteiger partial charge in [-0.3, -0.25) is 9.78 Å². The number of rotatable bonds is 4. The normalized spacial score (nSPS) is 14.6. The highest BCUT2D eigenvalue weighted by Gasteiger charge is 2.17. The second kappa shape index (κ2) is 7.24. The van der Waals surface area contributed by atoms with Gasteiger partial charge in [0.2, 0.25) is 0 Å². The van der Waals surface area contributed by atoms with Gasteiger partial charge in [-0.25, -0.2) is 0 Å². The van der Waals surface area contributed by atoms with E-state index in [4.69, 9.17) is 4.74 Å². The van der Waals surface area contributed by atoms with Gasteiger partial charge in [-0.2, -0.15) is 0 Å². The summed E-state index contributed by atoms with van der Waals surface area (Å²) in [6.45, 7) is 3.85. The van der Waals surface area contributed by atoms with E-state index in [2.05, 4.69) is 22.0 Å². The molecule has 0 spiro atoms. The Hall–Kier alpha value is -2.40. The first-order valence-corrected chi connectivity index (χ1v) is 7.82. The minimum absolute atomic E-state index is 0.00387. The van der Waals surface area contributed by atoms with E-state index >= 15 is 0 Å². The number of aromatic nitrogens is 1. The maximum atomic E-state index is 12.5. The predicted octanol–water partition coefficient (Wildman–Crippen LogP) is 2.19. The van der Waals surface area contributed by atoms with E-state index in [0.717, 1.165) is 31.9 Å². The Morgan fingerprint density at radius 3 is 2.61 bits per heavy atom. The van der Waals surface area contributed by atoms with Crippen LogP contribution in [0.5, 0.6) is 0 Å². The number of para-hydroxylation sites is 1. The average Bonchev–Trinajstić information content (AvgIpc) is 2.63. The number of pyridine rings is 1. The third-order valence-corrected chi connectivity index (χ3v) is 4.02. The minimum atomic E-state index is 0.00387. The Balaban J connectivity index is 1.76. The van der Waals surface area contributed by atoms with Crippen LogP contribution in [-0.4, -0.2) is 49.1 Å². The zero-order valence-corrected chi connectivity index (χ0v) is 13.3. The quantitative estimate of drug-likeness (QED) is 0.868. The van der Waals surface area contributed by atoms with Crippen molar-refractivity contribution in [3.8, 4) is 0 Å². The summed E-state index contributed by atoms with van der Waals surface area (Å²) < 4.78 is 5.43.